The summed E-state index contributed by atoms with van der Waals surface area (Å²) in [7, 11) is -3.55. The van der Waals surface area contributed by atoms with Crippen molar-refractivity contribution in [3.8, 4) is 0 Å². The Morgan fingerprint density at radius 1 is 1.20 bits per heavy atom. The summed E-state index contributed by atoms with van der Waals surface area (Å²) in [6, 6.07) is 9.46. The molecular weight excluding hydrogens is 363 g/mol. The molecule has 0 bridgehead atoms. The number of hydrogen-bond donors (Lipinski definition) is 1. The monoisotopic (exact) mass is 384 g/mol. The Kier molecular flexibility index (Phi) is 5.85. The zero-order valence-corrected chi connectivity index (χ0v) is 15.6. The van der Waals surface area contributed by atoms with Gasteiger partial charge in [0, 0.05) is 30.6 Å². The summed E-state index contributed by atoms with van der Waals surface area (Å²) in [4.78, 5) is 3.11. The van der Waals surface area contributed by atoms with Crippen molar-refractivity contribution in [3.05, 3.63) is 52.7 Å². The summed E-state index contributed by atoms with van der Waals surface area (Å²) in [5.74, 6) is -0.306. The molecule has 1 atom stereocenters. The van der Waals surface area contributed by atoms with Gasteiger partial charge in [-0.25, -0.2) is 17.5 Å². The van der Waals surface area contributed by atoms with Gasteiger partial charge in [-0.1, -0.05) is 12.1 Å². The van der Waals surface area contributed by atoms with Crippen molar-refractivity contribution in [2.45, 2.75) is 17.2 Å². The van der Waals surface area contributed by atoms with Crippen molar-refractivity contribution < 1.29 is 17.5 Å². The Bertz CT molecular complexity index is 800. The van der Waals surface area contributed by atoms with Crippen LogP contribution in [0.5, 0.6) is 0 Å². The van der Waals surface area contributed by atoms with Crippen molar-refractivity contribution in [2.24, 2.45) is 0 Å². The highest BCUT2D eigenvalue weighted by Gasteiger charge is 2.25. The highest BCUT2D eigenvalue weighted by Crippen LogP contribution is 2.24. The standard InChI is InChI=1S/C17H21FN2O3S2/c1-13-2-7-17(24-13)25(21,22)19-12-16(20-8-10-23-11-9-20)14-3-5-15(18)6-4-14/h2-7,16,19H,8-12H2,1H3/t16-/m1/s1. The average Bonchev–Trinajstić information content (AvgIpc) is 3.05. The van der Waals surface area contributed by atoms with Crippen LogP contribution in [0.15, 0.2) is 40.6 Å². The molecule has 1 fully saturated rings. The molecule has 1 saturated heterocycles. The van der Waals surface area contributed by atoms with Gasteiger partial charge in [-0.3, -0.25) is 4.90 Å². The van der Waals surface area contributed by atoms with Crippen molar-refractivity contribution in [1.82, 2.24) is 9.62 Å². The van der Waals surface area contributed by atoms with E-state index < -0.39 is 10.0 Å². The van der Waals surface area contributed by atoms with Crippen LogP contribution in [-0.2, 0) is 14.8 Å². The third-order valence-electron chi connectivity index (χ3n) is 4.19. The number of ether oxygens (including phenoxy) is 1. The second-order valence-corrected chi connectivity index (χ2v) is 9.21. The lowest BCUT2D eigenvalue weighted by Gasteiger charge is -2.34. The first kappa shape index (κ1) is 18.5. The van der Waals surface area contributed by atoms with Crippen molar-refractivity contribution in [2.75, 3.05) is 32.8 Å². The molecule has 0 unspecified atom stereocenters. The predicted octanol–water partition coefficient (Wildman–Crippen LogP) is 2.55. The van der Waals surface area contributed by atoms with E-state index in [0.717, 1.165) is 10.4 Å². The van der Waals surface area contributed by atoms with E-state index in [2.05, 4.69) is 9.62 Å². The fourth-order valence-corrected chi connectivity index (χ4v) is 5.21. The van der Waals surface area contributed by atoms with Crippen LogP contribution in [0.4, 0.5) is 4.39 Å². The topological polar surface area (TPSA) is 58.6 Å². The van der Waals surface area contributed by atoms with E-state index >= 15 is 0 Å². The summed E-state index contributed by atoms with van der Waals surface area (Å²) in [6.07, 6.45) is 0. The maximum absolute atomic E-state index is 13.2. The first-order valence-corrected chi connectivity index (χ1v) is 10.4. The molecule has 0 saturated carbocycles. The lowest BCUT2D eigenvalue weighted by atomic mass is 10.0. The zero-order chi connectivity index (χ0) is 17.9. The first-order chi connectivity index (χ1) is 12.0. The van der Waals surface area contributed by atoms with Crippen molar-refractivity contribution in [3.63, 3.8) is 0 Å². The Morgan fingerprint density at radius 3 is 2.48 bits per heavy atom. The van der Waals surface area contributed by atoms with Gasteiger partial charge in [0.05, 0.1) is 13.2 Å². The van der Waals surface area contributed by atoms with E-state index in [0.29, 0.717) is 30.5 Å². The minimum Gasteiger partial charge on any atom is -0.379 e. The van der Waals surface area contributed by atoms with Crippen molar-refractivity contribution in [1.29, 1.82) is 0 Å². The summed E-state index contributed by atoms with van der Waals surface area (Å²) in [5, 5.41) is 0. The molecule has 0 spiro atoms. The molecule has 5 nitrogen and oxygen atoms in total. The quantitative estimate of drug-likeness (QED) is 0.832. The minimum absolute atomic E-state index is 0.166. The lowest BCUT2D eigenvalue weighted by molar-refractivity contribution is 0.0172. The van der Waals surface area contributed by atoms with Gasteiger partial charge >= 0.3 is 0 Å². The smallest absolute Gasteiger partial charge is 0.250 e. The molecule has 0 aliphatic carbocycles. The fourth-order valence-electron chi connectivity index (χ4n) is 2.85. The molecule has 3 rings (SSSR count). The van der Waals surface area contributed by atoms with Gasteiger partial charge in [0.2, 0.25) is 10.0 Å². The summed E-state index contributed by atoms with van der Waals surface area (Å²) < 4.78 is 46.7. The van der Waals surface area contributed by atoms with Gasteiger partial charge in [-0.15, -0.1) is 11.3 Å². The third kappa shape index (κ3) is 4.65. The second kappa shape index (κ2) is 7.92. The van der Waals surface area contributed by atoms with Crippen LogP contribution < -0.4 is 4.72 Å². The molecule has 1 aromatic carbocycles. The zero-order valence-electron chi connectivity index (χ0n) is 13.9. The number of nitrogens with zero attached hydrogens (tertiary/aromatic N) is 1. The summed E-state index contributed by atoms with van der Waals surface area (Å²) >= 11 is 1.25. The average molecular weight is 384 g/mol. The van der Waals surface area contributed by atoms with Gasteiger partial charge in [-0.2, -0.15) is 0 Å². The Balaban J connectivity index is 1.78. The number of benzene rings is 1. The van der Waals surface area contributed by atoms with Crippen LogP contribution in [0, 0.1) is 12.7 Å². The lowest BCUT2D eigenvalue weighted by Crippen LogP contribution is -2.43. The number of aryl methyl sites for hydroxylation is 1. The molecule has 25 heavy (non-hydrogen) atoms. The van der Waals surface area contributed by atoms with Gasteiger partial charge in [0.25, 0.3) is 0 Å². The van der Waals surface area contributed by atoms with Crippen LogP contribution >= 0.6 is 11.3 Å². The Morgan fingerprint density at radius 2 is 1.88 bits per heavy atom. The molecule has 1 N–H and O–H groups in total. The van der Waals surface area contributed by atoms with Crippen LogP contribution in [0.1, 0.15) is 16.5 Å². The maximum atomic E-state index is 13.2. The van der Waals surface area contributed by atoms with Gasteiger partial charge in [-0.05, 0) is 36.8 Å². The summed E-state index contributed by atoms with van der Waals surface area (Å²) in [6.45, 7) is 4.73. The molecule has 1 aliphatic rings. The second-order valence-electron chi connectivity index (χ2n) is 5.93. The van der Waals surface area contributed by atoms with Crippen LogP contribution in [0.3, 0.4) is 0 Å². The number of thiophene rings is 1. The van der Waals surface area contributed by atoms with Gasteiger partial charge in [0.1, 0.15) is 10.0 Å². The van der Waals surface area contributed by atoms with Crippen LogP contribution in [0.25, 0.3) is 0 Å². The molecule has 2 heterocycles. The highest BCUT2D eigenvalue weighted by molar-refractivity contribution is 7.91. The normalized spacial score (nSPS) is 17.5. The molecule has 1 aromatic heterocycles. The predicted molar refractivity (Wildman–Crippen MR) is 95.8 cm³/mol. The van der Waals surface area contributed by atoms with E-state index in [4.69, 9.17) is 4.74 Å². The SMILES string of the molecule is Cc1ccc(S(=O)(=O)NC[C@H](c2ccc(F)cc2)N2CCOCC2)s1. The van der Waals surface area contributed by atoms with Crippen molar-refractivity contribution >= 4 is 21.4 Å². The number of morpholine rings is 1. The first-order valence-electron chi connectivity index (χ1n) is 8.09. The molecule has 1 aliphatic heterocycles. The molecule has 0 amide bonds. The fraction of sp³-hybridized carbons (Fsp3) is 0.412. The molecule has 136 valence electrons. The number of hydrogen-bond acceptors (Lipinski definition) is 5. The number of rotatable bonds is 6. The highest BCUT2D eigenvalue weighted by atomic mass is 32.2. The maximum Gasteiger partial charge on any atom is 0.250 e. The van der Waals surface area contributed by atoms with Gasteiger partial charge < -0.3 is 4.74 Å². The molecule has 2 aromatic rings. The summed E-state index contributed by atoms with van der Waals surface area (Å²) in [5.41, 5.74) is 0.883. The molecule has 8 heteroatoms. The number of nitrogens with one attached hydrogen (secondary N) is 1. The Labute approximate surface area is 151 Å². The minimum atomic E-state index is -3.55. The van der Waals surface area contributed by atoms with Crippen LogP contribution in [-0.4, -0.2) is 46.2 Å². The van der Waals surface area contributed by atoms with E-state index in [1.165, 1.54) is 23.5 Å². The van der Waals surface area contributed by atoms with E-state index in [-0.39, 0.29) is 18.4 Å². The van der Waals surface area contributed by atoms with Gasteiger partial charge in [0.15, 0.2) is 0 Å². The van der Waals surface area contributed by atoms with E-state index in [1.807, 2.05) is 6.92 Å². The van der Waals surface area contributed by atoms with Crippen LogP contribution in [0.2, 0.25) is 0 Å². The Hall–Kier alpha value is -1.32. The largest absolute Gasteiger partial charge is 0.379 e. The number of halogens is 1. The van der Waals surface area contributed by atoms with E-state index in [9.17, 15) is 12.8 Å². The number of sulfonamides is 1. The molecule has 0 radical (unpaired) electrons. The third-order valence-corrected chi connectivity index (χ3v) is 7.10. The van der Waals surface area contributed by atoms with E-state index in [1.54, 1.807) is 24.3 Å². The molecular formula is C17H21FN2O3S2.